The Hall–Kier alpha value is -1.93. The number of anilines is 2. The fourth-order valence-electron chi connectivity index (χ4n) is 3.71. The minimum absolute atomic E-state index is 0.103. The summed E-state index contributed by atoms with van der Waals surface area (Å²) in [7, 11) is 8.29. The molecule has 0 aromatic carbocycles. The summed E-state index contributed by atoms with van der Waals surface area (Å²) < 4.78 is 0. The molecule has 25 heavy (non-hydrogen) atoms. The van der Waals surface area contributed by atoms with Gasteiger partial charge in [-0.1, -0.05) is 0 Å². The van der Waals surface area contributed by atoms with E-state index < -0.39 is 0 Å². The highest BCUT2D eigenvalue weighted by Gasteiger charge is 2.32. The Morgan fingerprint density at radius 2 is 1.60 bits per heavy atom. The zero-order valence-corrected chi connectivity index (χ0v) is 15.6. The van der Waals surface area contributed by atoms with Crippen LogP contribution in [0.15, 0.2) is 12.1 Å². The Morgan fingerprint density at radius 1 is 1.04 bits per heavy atom. The number of pyridine rings is 1. The van der Waals surface area contributed by atoms with E-state index in [9.17, 15) is 10.1 Å². The molecule has 138 valence electrons. The zero-order chi connectivity index (χ0) is 18.1. The third-order valence-electron chi connectivity index (χ3n) is 5.45. The fraction of sp³-hybridized carbons (Fsp3) is 0.706. The average molecular weight is 348 g/mol. The van der Waals surface area contributed by atoms with Crippen molar-refractivity contribution in [3.05, 3.63) is 22.2 Å². The first-order chi connectivity index (χ1) is 11.9. The Bertz CT molecular complexity index is 636. The molecule has 8 heteroatoms. The first-order valence-corrected chi connectivity index (χ1v) is 8.85. The minimum Gasteiger partial charge on any atom is -0.355 e. The maximum absolute atomic E-state index is 11.5. The van der Waals surface area contributed by atoms with Gasteiger partial charge in [0.2, 0.25) is 5.82 Å². The van der Waals surface area contributed by atoms with Crippen LogP contribution in [0.25, 0.3) is 0 Å². The molecule has 2 aliphatic rings. The van der Waals surface area contributed by atoms with Crippen molar-refractivity contribution in [3.63, 3.8) is 0 Å². The molecule has 2 saturated heterocycles. The van der Waals surface area contributed by atoms with Crippen molar-refractivity contribution in [1.82, 2.24) is 14.8 Å². The van der Waals surface area contributed by atoms with Crippen LogP contribution in [-0.2, 0) is 0 Å². The van der Waals surface area contributed by atoms with E-state index in [1.807, 2.05) is 0 Å². The molecule has 2 atom stereocenters. The number of hydrogen-bond donors (Lipinski definition) is 0. The normalized spacial score (nSPS) is 23.9. The largest absolute Gasteiger partial charge is 0.355 e. The molecule has 3 rings (SSSR count). The van der Waals surface area contributed by atoms with Gasteiger partial charge in [0, 0.05) is 44.3 Å². The number of likely N-dealkylation sites (N-methyl/N-ethyl adjacent to an activating group) is 2. The van der Waals surface area contributed by atoms with Crippen molar-refractivity contribution in [3.8, 4) is 0 Å². The second-order valence-corrected chi connectivity index (χ2v) is 7.47. The van der Waals surface area contributed by atoms with Crippen molar-refractivity contribution in [2.75, 3.05) is 64.2 Å². The van der Waals surface area contributed by atoms with Gasteiger partial charge < -0.3 is 19.6 Å². The predicted molar refractivity (Wildman–Crippen MR) is 99.5 cm³/mol. The van der Waals surface area contributed by atoms with E-state index >= 15 is 0 Å². The van der Waals surface area contributed by atoms with Gasteiger partial charge in [-0.05, 0) is 47.1 Å². The van der Waals surface area contributed by atoms with E-state index in [0.29, 0.717) is 17.9 Å². The highest BCUT2D eigenvalue weighted by atomic mass is 16.6. The van der Waals surface area contributed by atoms with Crippen LogP contribution in [0.1, 0.15) is 12.8 Å². The highest BCUT2D eigenvalue weighted by Crippen LogP contribution is 2.33. The van der Waals surface area contributed by atoms with Gasteiger partial charge in [-0.25, -0.2) is 4.98 Å². The molecule has 2 fully saturated rings. The molecule has 0 bridgehead atoms. The van der Waals surface area contributed by atoms with Gasteiger partial charge in [-0.15, -0.1) is 0 Å². The van der Waals surface area contributed by atoms with E-state index in [0.717, 1.165) is 44.8 Å². The lowest BCUT2D eigenvalue weighted by molar-refractivity contribution is -0.384. The molecular weight excluding hydrogens is 320 g/mol. The van der Waals surface area contributed by atoms with Crippen LogP contribution in [0.4, 0.5) is 17.3 Å². The first-order valence-electron chi connectivity index (χ1n) is 8.85. The van der Waals surface area contributed by atoms with Gasteiger partial charge in [0.25, 0.3) is 0 Å². The first kappa shape index (κ1) is 17.9. The van der Waals surface area contributed by atoms with E-state index in [1.54, 1.807) is 12.1 Å². The van der Waals surface area contributed by atoms with Gasteiger partial charge >= 0.3 is 5.69 Å². The summed E-state index contributed by atoms with van der Waals surface area (Å²) in [5.41, 5.74) is 0.103. The van der Waals surface area contributed by atoms with E-state index in [-0.39, 0.29) is 10.6 Å². The van der Waals surface area contributed by atoms with Crippen LogP contribution >= 0.6 is 0 Å². The third kappa shape index (κ3) is 3.69. The van der Waals surface area contributed by atoms with Crippen molar-refractivity contribution in [2.45, 2.75) is 24.9 Å². The summed E-state index contributed by atoms with van der Waals surface area (Å²) in [6, 6.07) is 4.32. The van der Waals surface area contributed by atoms with Gasteiger partial charge in [-0.2, -0.15) is 0 Å². The second kappa shape index (κ2) is 7.13. The Labute approximate surface area is 149 Å². The second-order valence-electron chi connectivity index (χ2n) is 7.47. The summed E-state index contributed by atoms with van der Waals surface area (Å²) >= 11 is 0. The third-order valence-corrected chi connectivity index (χ3v) is 5.45. The smallest absolute Gasteiger partial charge is 0.311 e. The lowest BCUT2D eigenvalue weighted by Gasteiger charge is -2.24. The molecule has 1 aromatic heterocycles. The molecule has 0 unspecified atom stereocenters. The predicted octanol–water partition coefficient (Wildman–Crippen LogP) is 1.27. The molecule has 0 spiro atoms. The molecule has 0 N–H and O–H groups in total. The highest BCUT2D eigenvalue weighted by molar-refractivity contribution is 5.63. The molecule has 0 saturated carbocycles. The van der Waals surface area contributed by atoms with E-state index in [1.165, 1.54) is 0 Å². The summed E-state index contributed by atoms with van der Waals surface area (Å²) in [5.74, 6) is 1.36. The summed E-state index contributed by atoms with van der Waals surface area (Å²) in [6.45, 7) is 3.44. The van der Waals surface area contributed by atoms with Gasteiger partial charge in [0.15, 0.2) is 0 Å². The molecule has 1 aromatic rings. The Kier molecular flexibility index (Phi) is 5.10. The number of nitro groups is 1. The molecular formula is C17H28N6O2. The van der Waals surface area contributed by atoms with E-state index in [2.05, 4.69) is 47.8 Å². The Morgan fingerprint density at radius 3 is 2.12 bits per heavy atom. The lowest BCUT2D eigenvalue weighted by Crippen LogP contribution is -2.33. The van der Waals surface area contributed by atoms with Crippen molar-refractivity contribution >= 4 is 17.3 Å². The summed E-state index contributed by atoms with van der Waals surface area (Å²) in [6.07, 6.45) is 2.09. The van der Waals surface area contributed by atoms with Crippen molar-refractivity contribution < 1.29 is 4.92 Å². The van der Waals surface area contributed by atoms with Gasteiger partial charge in [0.1, 0.15) is 5.82 Å². The molecule has 0 radical (unpaired) electrons. The van der Waals surface area contributed by atoms with Crippen LogP contribution in [0.2, 0.25) is 0 Å². The number of aromatic nitrogens is 1. The Balaban J connectivity index is 1.85. The van der Waals surface area contributed by atoms with Crippen molar-refractivity contribution in [2.24, 2.45) is 0 Å². The monoisotopic (exact) mass is 348 g/mol. The van der Waals surface area contributed by atoms with Crippen LogP contribution in [0, 0.1) is 10.1 Å². The summed E-state index contributed by atoms with van der Waals surface area (Å²) in [5, 5.41) is 11.5. The molecule has 8 nitrogen and oxygen atoms in total. The maximum atomic E-state index is 11.5. The molecule has 2 aliphatic heterocycles. The number of hydrogen-bond acceptors (Lipinski definition) is 7. The van der Waals surface area contributed by atoms with E-state index in [4.69, 9.17) is 4.98 Å². The van der Waals surface area contributed by atoms with Gasteiger partial charge in [0.05, 0.1) is 4.92 Å². The number of nitrogens with zero attached hydrogens (tertiary/aromatic N) is 6. The SMILES string of the molecule is CN(C)[C@H]1CCN(c2ccc([N+](=O)[O-])c(N3CC[C@H](N(C)C)C3)n2)C1. The van der Waals surface area contributed by atoms with Crippen LogP contribution in [0.5, 0.6) is 0 Å². The lowest BCUT2D eigenvalue weighted by atomic mass is 10.2. The topological polar surface area (TPSA) is 69.0 Å². The van der Waals surface area contributed by atoms with Crippen LogP contribution in [-0.4, -0.2) is 86.2 Å². The molecule has 0 aliphatic carbocycles. The number of rotatable bonds is 5. The quantitative estimate of drug-likeness (QED) is 0.586. The molecule has 3 heterocycles. The standard InChI is InChI=1S/C17H28N6O2/c1-19(2)13-7-9-21(11-13)16-6-5-15(23(24)25)17(18-16)22-10-8-14(12-22)20(3)4/h5-6,13-14H,7-12H2,1-4H3/t13-,14-/m0/s1. The minimum atomic E-state index is -0.318. The summed E-state index contributed by atoms with van der Waals surface area (Å²) in [4.78, 5) is 24.6. The average Bonchev–Trinajstić information content (AvgIpc) is 3.24. The maximum Gasteiger partial charge on any atom is 0.311 e. The zero-order valence-electron chi connectivity index (χ0n) is 15.6. The fourth-order valence-corrected chi connectivity index (χ4v) is 3.71. The van der Waals surface area contributed by atoms with Crippen LogP contribution < -0.4 is 9.80 Å². The van der Waals surface area contributed by atoms with Gasteiger partial charge in [-0.3, -0.25) is 10.1 Å². The van der Waals surface area contributed by atoms with Crippen molar-refractivity contribution in [1.29, 1.82) is 0 Å². The molecule has 0 amide bonds. The van der Waals surface area contributed by atoms with Crippen LogP contribution in [0.3, 0.4) is 0 Å².